The third kappa shape index (κ3) is 3.20. The van der Waals surface area contributed by atoms with Gasteiger partial charge in [-0.25, -0.2) is 13.8 Å². The average molecular weight is 361 g/mol. The second-order valence-corrected chi connectivity index (χ2v) is 5.36. The van der Waals surface area contributed by atoms with Crippen molar-refractivity contribution in [2.75, 3.05) is 26.1 Å². The predicted octanol–water partition coefficient (Wildman–Crippen LogP) is -0.682. The van der Waals surface area contributed by atoms with E-state index in [1.807, 2.05) is 0 Å². The van der Waals surface area contributed by atoms with Gasteiger partial charge in [0.25, 0.3) is 6.43 Å². The van der Waals surface area contributed by atoms with Crippen LogP contribution in [0.15, 0.2) is 6.33 Å². The summed E-state index contributed by atoms with van der Waals surface area (Å²) in [6, 6.07) is -0.335. The van der Waals surface area contributed by atoms with E-state index in [4.69, 9.17) is 19.9 Å². The van der Waals surface area contributed by atoms with Crippen molar-refractivity contribution < 1.29 is 33.2 Å². The molecule has 10 nitrogen and oxygen atoms in total. The molecule has 0 aromatic carbocycles. The fraction of sp³-hybridized carbons (Fsp3) is 0.615. The minimum atomic E-state index is -2.69. The molecule has 1 aliphatic rings. The van der Waals surface area contributed by atoms with E-state index in [1.165, 1.54) is 18.0 Å². The summed E-state index contributed by atoms with van der Waals surface area (Å²) in [4.78, 5) is 11.9. The van der Waals surface area contributed by atoms with E-state index < -0.39 is 44.2 Å². The lowest BCUT2D eigenvalue weighted by molar-refractivity contribution is -0.0583. The zero-order valence-corrected chi connectivity index (χ0v) is 13.1. The molecular weight excluding hydrogens is 344 g/mol. The van der Waals surface area contributed by atoms with Gasteiger partial charge in [0, 0.05) is 7.11 Å². The Morgan fingerprint density at radius 1 is 1.44 bits per heavy atom. The molecule has 0 saturated carbocycles. The number of aliphatic hydroxyl groups excluding tert-OH is 2. The SMILES string of the molecule is CO[C@@H]1[C@H](O)[C@@H](CO)O[C@H]1n1cnc2c(N)nc(OCC(F)F)nc21. The maximum absolute atomic E-state index is 12.3. The van der Waals surface area contributed by atoms with Crippen molar-refractivity contribution in [2.24, 2.45) is 0 Å². The predicted molar refractivity (Wildman–Crippen MR) is 79.0 cm³/mol. The molecule has 4 N–H and O–H groups in total. The number of ether oxygens (including phenoxy) is 3. The zero-order valence-electron chi connectivity index (χ0n) is 13.1. The monoisotopic (exact) mass is 361 g/mol. The Morgan fingerprint density at radius 3 is 2.84 bits per heavy atom. The highest BCUT2D eigenvalue weighted by atomic mass is 19.3. The first-order chi connectivity index (χ1) is 12.0. The number of aromatic nitrogens is 4. The first kappa shape index (κ1) is 17.7. The van der Waals surface area contributed by atoms with Crippen LogP contribution < -0.4 is 10.5 Å². The molecule has 0 aliphatic carbocycles. The minimum Gasteiger partial charge on any atom is -0.457 e. The molecule has 2 aromatic rings. The molecule has 12 heteroatoms. The number of hydrogen-bond donors (Lipinski definition) is 3. The van der Waals surface area contributed by atoms with E-state index in [0.29, 0.717) is 0 Å². The normalized spacial score (nSPS) is 26.6. The molecule has 2 aromatic heterocycles. The third-order valence-corrected chi connectivity index (χ3v) is 3.81. The van der Waals surface area contributed by atoms with E-state index >= 15 is 0 Å². The maximum Gasteiger partial charge on any atom is 0.320 e. The second kappa shape index (κ2) is 7.00. The molecule has 0 unspecified atom stereocenters. The summed E-state index contributed by atoms with van der Waals surface area (Å²) in [6.07, 6.45) is -4.96. The summed E-state index contributed by atoms with van der Waals surface area (Å²) < 4.78 is 41.7. The van der Waals surface area contributed by atoms with Gasteiger partial charge in [-0.2, -0.15) is 9.97 Å². The van der Waals surface area contributed by atoms with Gasteiger partial charge in [-0.05, 0) is 0 Å². The fourth-order valence-corrected chi connectivity index (χ4v) is 2.65. The van der Waals surface area contributed by atoms with Gasteiger partial charge in [-0.1, -0.05) is 0 Å². The average Bonchev–Trinajstić information content (AvgIpc) is 3.13. The molecule has 3 rings (SSSR count). The van der Waals surface area contributed by atoms with Gasteiger partial charge in [0.15, 0.2) is 29.8 Å². The molecule has 4 atom stereocenters. The van der Waals surface area contributed by atoms with Crippen LogP contribution in [-0.2, 0) is 9.47 Å². The second-order valence-electron chi connectivity index (χ2n) is 5.36. The number of hydrogen-bond acceptors (Lipinski definition) is 9. The van der Waals surface area contributed by atoms with E-state index in [9.17, 15) is 19.0 Å². The number of methoxy groups -OCH3 is 1. The van der Waals surface area contributed by atoms with Crippen LogP contribution in [0.5, 0.6) is 6.01 Å². The Hall–Kier alpha value is -2.15. The van der Waals surface area contributed by atoms with Gasteiger partial charge in [-0.15, -0.1) is 0 Å². The summed E-state index contributed by atoms with van der Waals surface area (Å²) in [5, 5.41) is 19.4. The van der Waals surface area contributed by atoms with Crippen molar-refractivity contribution >= 4 is 17.0 Å². The number of nitrogens with two attached hydrogens (primary N) is 1. The van der Waals surface area contributed by atoms with Crippen LogP contribution in [0.25, 0.3) is 11.2 Å². The van der Waals surface area contributed by atoms with Gasteiger partial charge in [0.05, 0.1) is 12.9 Å². The molecule has 0 spiro atoms. The highest BCUT2D eigenvalue weighted by molar-refractivity contribution is 5.82. The molecule has 1 aliphatic heterocycles. The summed E-state index contributed by atoms with van der Waals surface area (Å²) in [5.74, 6) is -0.0563. The van der Waals surface area contributed by atoms with Crippen molar-refractivity contribution in [2.45, 2.75) is 31.0 Å². The highest BCUT2D eigenvalue weighted by Crippen LogP contribution is 2.34. The molecule has 138 valence electrons. The molecule has 25 heavy (non-hydrogen) atoms. The van der Waals surface area contributed by atoms with E-state index in [0.717, 1.165) is 0 Å². The zero-order chi connectivity index (χ0) is 18.1. The Labute approximate surface area is 140 Å². The number of nitrogens with zero attached hydrogens (tertiary/aromatic N) is 4. The number of nitrogen functional groups attached to an aromatic ring is 1. The molecule has 0 bridgehead atoms. The third-order valence-electron chi connectivity index (χ3n) is 3.81. The molecule has 0 radical (unpaired) electrons. The number of anilines is 1. The lowest BCUT2D eigenvalue weighted by Crippen LogP contribution is -2.34. The number of halogens is 2. The molecule has 0 amide bonds. The Bertz CT molecular complexity index is 745. The Balaban J connectivity index is 1.99. The molecule has 3 heterocycles. The summed E-state index contributed by atoms with van der Waals surface area (Å²) in [5.41, 5.74) is 6.14. The van der Waals surface area contributed by atoms with Crippen LogP contribution in [0, 0.1) is 0 Å². The van der Waals surface area contributed by atoms with Gasteiger partial charge in [0.1, 0.15) is 18.3 Å². The van der Waals surface area contributed by atoms with E-state index in [1.54, 1.807) is 0 Å². The van der Waals surface area contributed by atoms with Gasteiger partial charge in [-0.3, -0.25) is 4.57 Å². The van der Waals surface area contributed by atoms with Gasteiger partial charge >= 0.3 is 6.01 Å². The molecule has 1 saturated heterocycles. The molecule has 1 fully saturated rings. The van der Waals surface area contributed by atoms with Crippen LogP contribution >= 0.6 is 0 Å². The van der Waals surface area contributed by atoms with Crippen molar-refractivity contribution in [3.8, 4) is 6.01 Å². The van der Waals surface area contributed by atoms with Gasteiger partial charge in [0.2, 0.25) is 0 Å². The summed E-state index contributed by atoms with van der Waals surface area (Å²) in [7, 11) is 1.38. The summed E-state index contributed by atoms with van der Waals surface area (Å²) in [6.45, 7) is -1.30. The van der Waals surface area contributed by atoms with Crippen molar-refractivity contribution in [1.82, 2.24) is 19.5 Å². The van der Waals surface area contributed by atoms with E-state index in [-0.39, 0.29) is 23.0 Å². The minimum absolute atomic E-state index is 0.0563. The first-order valence-corrected chi connectivity index (χ1v) is 7.34. The smallest absolute Gasteiger partial charge is 0.320 e. The van der Waals surface area contributed by atoms with Crippen LogP contribution in [0.1, 0.15) is 6.23 Å². The Morgan fingerprint density at radius 2 is 2.20 bits per heavy atom. The number of alkyl halides is 2. The largest absolute Gasteiger partial charge is 0.457 e. The number of aliphatic hydroxyl groups is 2. The highest BCUT2D eigenvalue weighted by Gasteiger charge is 2.45. The topological polar surface area (TPSA) is 138 Å². The van der Waals surface area contributed by atoms with Crippen LogP contribution in [0.2, 0.25) is 0 Å². The number of rotatable bonds is 6. The lowest BCUT2D eigenvalue weighted by Gasteiger charge is -2.20. The number of fused-ring (bicyclic) bond motifs is 1. The van der Waals surface area contributed by atoms with E-state index in [2.05, 4.69) is 15.0 Å². The van der Waals surface area contributed by atoms with Crippen molar-refractivity contribution in [3.63, 3.8) is 0 Å². The maximum atomic E-state index is 12.3. The lowest BCUT2D eigenvalue weighted by atomic mass is 10.1. The van der Waals surface area contributed by atoms with Crippen LogP contribution in [0.4, 0.5) is 14.6 Å². The molecular formula is C13H17F2N5O5. The summed E-state index contributed by atoms with van der Waals surface area (Å²) >= 11 is 0. The van der Waals surface area contributed by atoms with Crippen molar-refractivity contribution in [3.05, 3.63) is 6.33 Å². The van der Waals surface area contributed by atoms with Crippen LogP contribution in [-0.4, -0.2) is 74.8 Å². The standard InChI is InChI=1S/C13H17F2N5O5/c1-23-9-8(22)5(2-21)25-12(9)20-4-17-7-10(16)18-13(19-11(7)20)24-3-6(14)15/h4-6,8-9,12,21-22H,2-3H2,1H3,(H2,16,18,19)/t5-,8-,9-,12-/m1/s1. The fourth-order valence-electron chi connectivity index (χ4n) is 2.65. The number of imidazole rings is 1. The quantitative estimate of drug-likeness (QED) is 0.611. The Kier molecular flexibility index (Phi) is 4.94. The van der Waals surface area contributed by atoms with Gasteiger partial charge < -0.3 is 30.2 Å². The van der Waals surface area contributed by atoms with Crippen molar-refractivity contribution in [1.29, 1.82) is 0 Å². The first-order valence-electron chi connectivity index (χ1n) is 7.34. The van der Waals surface area contributed by atoms with Crippen LogP contribution in [0.3, 0.4) is 0 Å².